The number of nitrogens with one attached hydrogen (secondary N) is 1. The Kier molecular flexibility index (Phi) is 6.06. The molecule has 0 spiro atoms. The molecule has 20 heavy (non-hydrogen) atoms. The summed E-state index contributed by atoms with van der Waals surface area (Å²) < 4.78 is 0. The first-order valence-corrected chi connectivity index (χ1v) is 8.21. The predicted octanol–water partition coefficient (Wildman–Crippen LogP) is 3.71. The second kappa shape index (κ2) is 7.80. The van der Waals surface area contributed by atoms with Crippen molar-refractivity contribution in [3.63, 3.8) is 0 Å². The zero-order chi connectivity index (χ0) is 14.4. The second-order valence-corrected chi connectivity index (χ2v) is 6.35. The summed E-state index contributed by atoms with van der Waals surface area (Å²) in [7, 11) is 0. The van der Waals surface area contributed by atoms with E-state index >= 15 is 0 Å². The van der Waals surface area contributed by atoms with Gasteiger partial charge in [-0.05, 0) is 49.9 Å². The minimum atomic E-state index is 0.496. The van der Waals surface area contributed by atoms with Crippen molar-refractivity contribution >= 4 is 0 Å². The number of nitrogens with zero attached hydrogens (tertiary/aromatic N) is 1. The van der Waals surface area contributed by atoms with Gasteiger partial charge in [-0.1, -0.05) is 51.1 Å². The third kappa shape index (κ3) is 4.32. The maximum atomic E-state index is 3.63. The Morgan fingerprint density at radius 3 is 2.60 bits per heavy atom. The molecule has 112 valence electrons. The van der Waals surface area contributed by atoms with Crippen LogP contribution in [0.5, 0.6) is 0 Å². The van der Waals surface area contributed by atoms with Crippen LogP contribution in [0.15, 0.2) is 30.3 Å². The van der Waals surface area contributed by atoms with E-state index in [1.165, 1.54) is 38.0 Å². The molecule has 1 heterocycles. The van der Waals surface area contributed by atoms with Crippen LogP contribution in [0.1, 0.15) is 45.2 Å². The van der Waals surface area contributed by atoms with Gasteiger partial charge in [-0.25, -0.2) is 0 Å². The van der Waals surface area contributed by atoms with E-state index in [0.29, 0.717) is 6.04 Å². The fourth-order valence-electron chi connectivity index (χ4n) is 3.18. The van der Waals surface area contributed by atoms with E-state index in [9.17, 15) is 0 Å². The first-order valence-electron chi connectivity index (χ1n) is 8.21. The number of hydrogen-bond donors (Lipinski definition) is 1. The van der Waals surface area contributed by atoms with Gasteiger partial charge in [-0.3, -0.25) is 0 Å². The van der Waals surface area contributed by atoms with Crippen LogP contribution >= 0.6 is 0 Å². The summed E-state index contributed by atoms with van der Waals surface area (Å²) >= 11 is 0. The standard InChI is InChI=1S/C18H30N2/c1-4-19-18(17-8-6-5-7-9-17)11-13-20-12-10-15(2)16(3)14-20/h5-9,15-16,18-19H,4,10-14H2,1-3H3. The van der Waals surface area contributed by atoms with E-state index in [4.69, 9.17) is 0 Å². The Morgan fingerprint density at radius 1 is 1.20 bits per heavy atom. The topological polar surface area (TPSA) is 15.3 Å². The van der Waals surface area contributed by atoms with Crippen molar-refractivity contribution in [1.82, 2.24) is 10.2 Å². The summed E-state index contributed by atoms with van der Waals surface area (Å²) in [4.78, 5) is 2.65. The molecule has 1 aromatic rings. The fourth-order valence-corrected chi connectivity index (χ4v) is 3.18. The molecule has 3 atom stereocenters. The molecular formula is C18H30N2. The molecule has 0 radical (unpaired) electrons. The summed E-state index contributed by atoms with van der Waals surface area (Å²) in [6.07, 6.45) is 2.57. The smallest absolute Gasteiger partial charge is 0.0332 e. The highest BCUT2D eigenvalue weighted by molar-refractivity contribution is 5.18. The van der Waals surface area contributed by atoms with Crippen molar-refractivity contribution in [2.75, 3.05) is 26.2 Å². The van der Waals surface area contributed by atoms with Crippen LogP contribution < -0.4 is 5.32 Å². The quantitative estimate of drug-likeness (QED) is 0.851. The molecule has 1 aliphatic rings. The zero-order valence-corrected chi connectivity index (χ0v) is 13.3. The molecule has 3 unspecified atom stereocenters. The highest BCUT2D eigenvalue weighted by Gasteiger charge is 2.23. The molecule has 2 rings (SSSR count). The van der Waals surface area contributed by atoms with E-state index in [0.717, 1.165) is 18.4 Å². The van der Waals surface area contributed by atoms with E-state index in [-0.39, 0.29) is 0 Å². The van der Waals surface area contributed by atoms with Crippen LogP contribution in [0.4, 0.5) is 0 Å². The van der Waals surface area contributed by atoms with Crippen molar-refractivity contribution in [3.05, 3.63) is 35.9 Å². The summed E-state index contributed by atoms with van der Waals surface area (Å²) in [5, 5.41) is 3.63. The van der Waals surface area contributed by atoms with E-state index in [2.05, 4.69) is 61.3 Å². The predicted molar refractivity (Wildman–Crippen MR) is 86.9 cm³/mol. The second-order valence-electron chi connectivity index (χ2n) is 6.35. The lowest BCUT2D eigenvalue weighted by Crippen LogP contribution is -2.40. The van der Waals surface area contributed by atoms with Gasteiger partial charge in [0, 0.05) is 12.6 Å². The maximum absolute atomic E-state index is 3.63. The molecule has 0 bridgehead atoms. The van der Waals surface area contributed by atoms with Crippen LogP contribution in [-0.4, -0.2) is 31.1 Å². The van der Waals surface area contributed by atoms with Gasteiger partial charge in [0.2, 0.25) is 0 Å². The van der Waals surface area contributed by atoms with Crippen molar-refractivity contribution in [2.45, 2.75) is 39.7 Å². The van der Waals surface area contributed by atoms with Gasteiger partial charge in [-0.15, -0.1) is 0 Å². The zero-order valence-electron chi connectivity index (χ0n) is 13.3. The van der Waals surface area contributed by atoms with E-state index in [1.807, 2.05) is 0 Å². The third-order valence-corrected chi connectivity index (χ3v) is 4.80. The first-order chi connectivity index (χ1) is 9.70. The van der Waals surface area contributed by atoms with Crippen LogP contribution in [0.25, 0.3) is 0 Å². The number of piperidine rings is 1. The van der Waals surface area contributed by atoms with Gasteiger partial charge < -0.3 is 10.2 Å². The van der Waals surface area contributed by atoms with E-state index in [1.54, 1.807) is 0 Å². The lowest BCUT2D eigenvalue weighted by atomic mass is 9.88. The number of rotatable bonds is 6. The monoisotopic (exact) mass is 274 g/mol. The van der Waals surface area contributed by atoms with Gasteiger partial charge in [0.25, 0.3) is 0 Å². The summed E-state index contributed by atoms with van der Waals surface area (Å²) in [6.45, 7) is 11.8. The van der Waals surface area contributed by atoms with Gasteiger partial charge in [0.05, 0.1) is 0 Å². The number of likely N-dealkylation sites (tertiary alicyclic amines) is 1. The maximum Gasteiger partial charge on any atom is 0.0332 e. The molecule has 1 N–H and O–H groups in total. The molecule has 0 amide bonds. The molecule has 1 aliphatic heterocycles. The molecular weight excluding hydrogens is 244 g/mol. The largest absolute Gasteiger partial charge is 0.310 e. The average Bonchev–Trinajstić information content (AvgIpc) is 2.48. The third-order valence-electron chi connectivity index (χ3n) is 4.80. The Bertz CT molecular complexity index is 376. The Morgan fingerprint density at radius 2 is 1.95 bits per heavy atom. The number of hydrogen-bond acceptors (Lipinski definition) is 2. The van der Waals surface area contributed by atoms with E-state index < -0.39 is 0 Å². The highest BCUT2D eigenvalue weighted by atomic mass is 15.1. The minimum Gasteiger partial charge on any atom is -0.310 e. The van der Waals surface area contributed by atoms with Gasteiger partial charge >= 0.3 is 0 Å². The molecule has 2 nitrogen and oxygen atoms in total. The lowest BCUT2D eigenvalue weighted by molar-refractivity contribution is 0.133. The van der Waals surface area contributed by atoms with Crippen molar-refractivity contribution in [3.8, 4) is 0 Å². The van der Waals surface area contributed by atoms with Gasteiger partial charge in [0.15, 0.2) is 0 Å². The number of benzene rings is 1. The first kappa shape index (κ1) is 15.5. The molecule has 1 aromatic carbocycles. The van der Waals surface area contributed by atoms with Gasteiger partial charge in [-0.2, -0.15) is 0 Å². The van der Waals surface area contributed by atoms with Crippen LogP contribution in [-0.2, 0) is 0 Å². The van der Waals surface area contributed by atoms with Crippen molar-refractivity contribution < 1.29 is 0 Å². The lowest BCUT2D eigenvalue weighted by Gasteiger charge is -2.36. The fraction of sp³-hybridized carbons (Fsp3) is 0.667. The molecule has 1 fully saturated rings. The Balaban J connectivity index is 1.86. The van der Waals surface area contributed by atoms with Crippen molar-refractivity contribution in [1.29, 1.82) is 0 Å². The molecule has 1 saturated heterocycles. The van der Waals surface area contributed by atoms with Crippen LogP contribution in [0, 0.1) is 11.8 Å². The molecule has 0 saturated carbocycles. The summed E-state index contributed by atoms with van der Waals surface area (Å²) in [6, 6.07) is 11.4. The van der Waals surface area contributed by atoms with Crippen molar-refractivity contribution in [2.24, 2.45) is 11.8 Å². The Labute approximate surface area is 124 Å². The minimum absolute atomic E-state index is 0.496. The normalized spacial score (nSPS) is 25.6. The molecule has 0 aromatic heterocycles. The van der Waals surface area contributed by atoms with Crippen LogP contribution in [0.2, 0.25) is 0 Å². The average molecular weight is 274 g/mol. The highest BCUT2D eigenvalue weighted by Crippen LogP contribution is 2.24. The molecule has 2 heteroatoms. The Hall–Kier alpha value is -0.860. The van der Waals surface area contributed by atoms with Crippen LogP contribution in [0.3, 0.4) is 0 Å². The molecule has 0 aliphatic carbocycles. The summed E-state index contributed by atoms with van der Waals surface area (Å²) in [5.74, 6) is 1.74. The summed E-state index contributed by atoms with van der Waals surface area (Å²) in [5.41, 5.74) is 1.42. The van der Waals surface area contributed by atoms with Gasteiger partial charge in [0.1, 0.15) is 0 Å². The SMILES string of the molecule is CCNC(CCN1CCC(C)C(C)C1)c1ccccc1.